The molecule has 1 fully saturated rings. The van der Waals surface area contributed by atoms with Crippen LogP contribution in [-0.4, -0.2) is 39.3 Å². The molecule has 1 heterocycles. The van der Waals surface area contributed by atoms with Gasteiger partial charge in [-0.05, 0) is 43.4 Å². The summed E-state index contributed by atoms with van der Waals surface area (Å²) >= 11 is 0. The van der Waals surface area contributed by atoms with Crippen LogP contribution >= 0.6 is 0 Å². The first-order valence-corrected chi connectivity index (χ1v) is 8.30. The molecular weight excluding hydrogens is 294 g/mol. The van der Waals surface area contributed by atoms with Crippen molar-refractivity contribution in [2.24, 2.45) is 5.92 Å². The lowest BCUT2D eigenvalue weighted by atomic mass is 10.0. The summed E-state index contributed by atoms with van der Waals surface area (Å²) in [4.78, 5) is 11.1. The van der Waals surface area contributed by atoms with Crippen LogP contribution in [0.2, 0.25) is 0 Å². The number of carboxylic acid groups (broad SMARTS) is 1. The second-order valence-corrected chi connectivity index (χ2v) is 6.96. The predicted molar refractivity (Wildman–Crippen MR) is 76.9 cm³/mol. The number of hydrogen-bond acceptors (Lipinski definition) is 4. The van der Waals surface area contributed by atoms with E-state index < -0.39 is 16.0 Å². The van der Waals surface area contributed by atoms with Crippen molar-refractivity contribution in [3.63, 3.8) is 0 Å². The smallest absolute Gasteiger partial charge is 0.335 e. The van der Waals surface area contributed by atoms with E-state index in [0.717, 1.165) is 12.8 Å². The average Bonchev–Trinajstić information content (AvgIpc) is 2.46. The number of carbonyl (C=O) groups is 1. The molecule has 6 nitrogen and oxygen atoms in total. The first kappa shape index (κ1) is 15.9. The molecule has 2 rings (SSSR count). The highest BCUT2D eigenvalue weighted by atomic mass is 32.2. The molecule has 1 aliphatic heterocycles. The fourth-order valence-corrected chi connectivity index (χ4v) is 3.40. The monoisotopic (exact) mass is 313 g/mol. The molecular formula is C14H19NO5S. The van der Waals surface area contributed by atoms with E-state index >= 15 is 0 Å². The number of ether oxygens (including phenoxy) is 1. The van der Waals surface area contributed by atoms with Crippen LogP contribution < -0.4 is 4.72 Å². The third kappa shape index (κ3) is 4.03. The van der Waals surface area contributed by atoms with E-state index in [1.807, 2.05) is 0 Å². The third-order valence-corrected chi connectivity index (χ3v) is 5.07. The molecule has 2 N–H and O–H groups in total. The minimum absolute atomic E-state index is 0.00365. The van der Waals surface area contributed by atoms with Crippen molar-refractivity contribution in [3.05, 3.63) is 29.3 Å². The summed E-state index contributed by atoms with van der Waals surface area (Å²) in [7, 11) is -3.69. The molecule has 0 unspecified atom stereocenters. The van der Waals surface area contributed by atoms with Crippen LogP contribution in [0.15, 0.2) is 23.1 Å². The summed E-state index contributed by atoms with van der Waals surface area (Å²) in [5.74, 6) is -0.869. The zero-order chi connectivity index (χ0) is 15.5. The Bertz CT molecular complexity index is 620. The van der Waals surface area contributed by atoms with Crippen LogP contribution in [-0.2, 0) is 14.8 Å². The van der Waals surface area contributed by atoms with Gasteiger partial charge in [0.2, 0.25) is 10.0 Å². The first-order chi connectivity index (χ1) is 9.90. The molecule has 0 bridgehead atoms. The highest BCUT2D eigenvalue weighted by Crippen LogP contribution is 2.18. The number of sulfonamides is 1. The summed E-state index contributed by atoms with van der Waals surface area (Å²) < 4.78 is 32.2. The molecule has 21 heavy (non-hydrogen) atoms. The van der Waals surface area contributed by atoms with E-state index in [4.69, 9.17) is 9.84 Å². The van der Waals surface area contributed by atoms with Gasteiger partial charge in [-0.3, -0.25) is 0 Å². The Morgan fingerprint density at radius 1 is 1.38 bits per heavy atom. The number of carboxylic acids is 1. The Morgan fingerprint density at radius 3 is 2.67 bits per heavy atom. The number of aryl methyl sites for hydroxylation is 1. The molecule has 1 aliphatic rings. The van der Waals surface area contributed by atoms with Gasteiger partial charge in [0.05, 0.1) is 10.5 Å². The van der Waals surface area contributed by atoms with Crippen molar-refractivity contribution >= 4 is 16.0 Å². The maximum absolute atomic E-state index is 12.2. The van der Waals surface area contributed by atoms with E-state index in [2.05, 4.69) is 4.72 Å². The molecule has 0 aliphatic carbocycles. The van der Waals surface area contributed by atoms with Crippen LogP contribution in [0.4, 0.5) is 0 Å². The van der Waals surface area contributed by atoms with Crippen LogP contribution in [0, 0.1) is 12.8 Å². The molecule has 7 heteroatoms. The van der Waals surface area contributed by atoms with Gasteiger partial charge in [-0.25, -0.2) is 17.9 Å². The minimum atomic E-state index is -3.69. The van der Waals surface area contributed by atoms with E-state index in [1.54, 1.807) is 6.92 Å². The van der Waals surface area contributed by atoms with E-state index in [0.29, 0.717) is 25.3 Å². The lowest BCUT2D eigenvalue weighted by molar-refractivity contribution is 0.0677. The standard InChI is InChI=1S/C14H19NO5S/c1-10-2-3-12(8-13(10)14(16)17)21(18,19)15-9-11-4-6-20-7-5-11/h2-3,8,11,15H,4-7,9H2,1H3,(H,16,17). The van der Waals surface area contributed by atoms with Crippen LogP contribution in [0.5, 0.6) is 0 Å². The second-order valence-electron chi connectivity index (χ2n) is 5.19. The van der Waals surface area contributed by atoms with Gasteiger partial charge in [0.25, 0.3) is 0 Å². The van der Waals surface area contributed by atoms with E-state index in [-0.39, 0.29) is 16.4 Å². The van der Waals surface area contributed by atoms with Gasteiger partial charge >= 0.3 is 5.97 Å². The van der Waals surface area contributed by atoms with Gasteiger partial charge < -0.3 is 9.84 Å². The number of nitrogens with one attached hydrogen (secondary N) is 1. The van der Waals surface area contributed by atoms with Gasteiger partial charge in [0.1, 0.15) is 0 Å². The van der Waals surface area contributed by atoms with Crippen molar-refractivity contribution in [1.82, 2.24) is 4.72 Å². The third-order valence-electron chi connectivity index (χ3n) is 3.65. The van der Waals surface area contributed by atoms with Crippen LogP contribution in [0.25, 0.3) is 0 Å². The molecule has 0 aromatic heterocycles. The Balaban J connectivity index is 2.11. The molecule has 0 radical (unpaired) electrons. The molecule has 1 aromatic rings. The fraction of sp³-hybridized carbons (Fsp3) is 0.500. The highest BCUT2D eigenvalue weighted by molar-refractivity contribution is 7.89. The molecule has 0 spiro atoms. The number of benzene rings is 1. The predicted octanol–water partition coefficient (Wildman–Crippen LogP) is 1.40. The van der Waals surface area contributed by atoms with E-state index in [1.165, 1.54) is 18.2 Å². The quantitative estimate of drug-likeness (QED) is 0.857. The summed E-state index contributed by atoms with van der Waals surface area (Å²) in [6.45, 7) is 3.29. The molecule has 1 saturated heterocycles. The minimum Gasteiger partial charge on any atom is -0.478 e. The van der Waals surface area contributed by atoms with Crippen LogP contribution in [0.3, 0.4) is 0 Å². The topological polar surface area (TPSA) is 92.7 Å². The summed E-state index contributed by atoms with van der Waals surface area (Å²) in [6.07, 6.45) is 1.66. The second kappa shape index (κ2) is 6.55. The zero-order valence-electron chi connectivity index (χ0n) is 11.8. The van der Waals surface area contributed by atoms with Crippen molar-refractivity contribution in [3.8, 4) is 0 Å². The lowest BCUT2D eigenvalue weighted by Crippen LogP contribution is -2.32. The van der Waals surface area contributed by atoms with Gasteiger partial charge in [-0.1, -0.05) is 6.07 Å². The van der Waals surface area contributed by atoms with Crippen molar-refractivity contribution in [2.45, 2.75) is 24.7 Å². The van der Waals surface area contributed by atoms with Gasteiger partial charge in [-0.2, -0.15) is 0 Å². The van der Waals surface area contributed by atoms with E-state index in [9.17, 15) is 13.2 Å². The van der Waals surface area contributed by atoms with Gasteiger partial charge in [0, 0.05) is 19.8 Å². The highest BCUT2D eigenvalue weighted by Gasteiger charge is 2.20. The van der Waals surface area contributed by atoms with Crippen LogP contribution in [0.1, 0.15) is 28.8 Å². The largest absolute Gasteiger partial charge is 0.478 e. The summed E-state index contributed by atoms with van der Waals surface area (Å²) in [5, 5.41) is 9.06. The maximum atomic E-state index is 12.2. The molecule has 0 amide bonds. The normalized spacial score (nSPS) is 16.8. The van der Waals surface area contributed by atoms with Crippen molar-refractivity contribution in [2.75, 3.05) is 19.8 Å². The Morgan fingerprint density at radius 2 is 2.05 bits per heavy atom. The van der Waals surface area contributed by atoms with Gasteiger partial charge in [-0.15, -0.1) is 0 Å². The maximum Gasteiger partial charge on any atom is 0.335 e. The van der Waals surface area contributed by atoms with Crippen molar-refractivity contribution < 1.29 is 23.1 Å². The summed E-state index contributed by atoms with van der Waals surface area (Å²) in [5.41, 5.74) is 0.537. The lowest BCUT2D eigenvalue weighted by Gasteiger charge is -2.22. The molecule has 1 aromatic carbocycles. The first-order valence-electron chi connectivity index (χ1n) is 6.81. The fourth-order valence-electron chi connectivity index (χ4n) is 2.26. The number of hydrogen-bond donors (Lipinski definition) is 2. The molecule has 116 valence electrons. The Labute approximate surface area is 124 Å². The molecule has 0 atom stereocenters. The summed E-state index contributed by atoms with van der Waals surface area (Å²) in [6, 6.07) is 4.13. The Hall–Kier alpha value is -1.44. The van der Waals surface area contributed by atoms with Crippen molar-refractivity contribution in [1.29, 1.82) is 0 Å². The zero-order valence-corrected chi connectivity index (χ0v) is 12.6. The Kier molecular flexibility index (Phi) is 4.97. The SMILES string of the molecule is Cc1ccc(S(=O)(=O)NCC2CCOCC2)cc1C(=O)O. The number of rotatable bonds is 5. The van der Waals surface area contributed by atoms with Gasteiger partial charge in [0.15, 0.2) is 0 Å². The number of aromatic carboxylic acids is 1. The molecule has 0 saturated carbocycles. The average molecular weight is 313 g/mol.